The lowest BCUT2D eigenvalue weighted by Gasteiger charge is -2.18. The molecular weight excluding hydrogens is 442 g/mol. The molecule has 0 unspecified atom stereocenters. The first-order valence-corrected chi connectivity index (χ1v) is 12.5. The molecule has 0 spiro atoms. The topological polar surface area (TPSA) is 56.2 Å². The molecule has 0 fully saturated rings. The van der Waals surface area contributed by atoms with Crippen LogP contribution >= 0.6 is 11.8 Å². The van der Waals surface area contributed by atoms with Gasteiger partial charge in [-0.25, -0.2) is 4.68 Å². The van der Waals surface area contributed by atoms with Crippen molar-refractivity contribution in [3.8, 4) is 17.2 Å². The number of carbonyl (C=O) groups is 1. The number of fused-ring (bicyclic) bond motifs is 1. The number of ether oxygens (including phenoxy) is 1. The Balaban J connectivity index is 1.58. The maximum atomic E-state index is 13.0. The van der Waals surface area contributed by atoms with E-state index in [0.29, 0.717) is 0 Å². The second-order valence-electron chi connectivity index (χ2n) is 8.39. The summed E-state index contributed by atoms with van der Waals surface area (Å²) >= 11 is 1.66. The summed E-state index contributed by atoms with van der Waals surface area (Å²) < 4.78 is 7.89. The molecular formula is C28H27N3O2S. The molecule has 0 saturated carbocycles. The summed E-state index contributed by atoms with van der Waals surface area (Å²) in [5, 5.41) is 7.91. The summed E-state index contributed by atoms with van der Waals surface area (Å²) in [6.45, 7) is 6.14. The number of anilines is 1. The van der Waals surface area contributed by atoms with Gasteiger partial charge in [-0.3, -0.25) is 4.79 Å². The molecule has 6 heteroatoms. The van der Waals surface area contributed by atoms with Gasteiger partial charge in [0.05, 0.1) is 21.9 Å². The molecule has 1 N–H and O–H groups in total. The zero-order valence-electron chi connectivity index (χ0n) is 19.5. The molecule has 2 heterocycles. The second-order valence-corrected chi connectivity index (χ2v) is 9.84. The number of nitrogens with zero attached hydrogens (tertiary/aromatic N) is 2. The van der Waals surface area contributed by atoms with E-state index in [1.807, 2.05) is 72.3 Å². The number of benzene rings is 3. The fraction of sp³-hybridized carbons (Fsp3) is 0.214. The number of aromatic nitrogens is 2. The third-order valence-electron chi connectivity index (χ3n) is 6.05. The van der Waals surface area contributed by atoms with E-state index in [1.165, 1.54) is 0 Å². The quantitative estimate of drug-likeness (QED) is 0.353. The number of carbonyl (C=O) groups excluding carboxylic acids is 1. The van der Waals surface area contributed by atoms with Crippen LogP contribution in [0.2, 0.25) is 0 Å². The third-order valence-corrected chi connectivity index (χ3v) is 7.45. The number of hydrogen-bond donors (Lipinski definition) is 1. The van der Waals surface area contributed by atoms with Crippen molar-refractivity contribution in [3.63, 3.8) is 0 Å². The van der Waals surface area contributed by atoms with Gasteiger partial charge in [-0.2, -0.15) is 5.10 Å². The van der Waals surface area contributed by atoms with E-state index in [2.05, 4.69) is 37.4 Å². The molecule has 1 aromatic heterocycles. The van der Waals surface area contributed by atoms with Gasteiger partial charge in [0.15, 0.2) is 0 Å². The maximum absolute atomic E-state index is 13.0. The summed E-state index contributed by atoms with van der Waals surface area (Å²) in [7, 11) is 0. The van der Waals surface area contributed by atoms with Crippen molar-refractivity contribution in [2.75, 3.05) is 5.32 Å². The van der Waals surface area contributed by atoms with Crippen molar-refractivity contribution in [1.82, 2.24) is 9.78 Å². The number of nitrogens with one attached hydrogen (secondary N) is 1. The highest BCUT2D eigenvalue weighted by atomic mass is 32.2. The van der Waals surface area contributed by atoms with Crippen LogP contribution in [0.15, 0.2) is 78.9 Å². The molecule has 1 aliphatic rings. The van der Waals surface area contributed by atoms with Crippen molar-refractivity contribution >= 4 is 23.5 Å². The van der Waals surface area contributed by atoms with E-state index >= 15 is 0 Å². The monoisotopic (exact) mass is 469 g/mol. The van der Waals surface area contributed by atoms with Gasteiger partial charge in [0.1, 0.15) is 17.3 Å². The van der Waals surface area contributed by atoms with Crippen LogP contribution in [0.5, 0.6) is 11.5 Å². The van der Waals surface area contributed by atoms with Crippen molar-refractivity contribution in [1.29, 1.82) is 0 Å². The van der Waals surface area contributed by atoms with Crippen LogP contribution in [-0.2, 0) is 11.2 Å². The lowest BCUT2D eigenvalue weighted by atomic mass is 10.0. The van der Waals surface area contributed by atoms with Crippen molar-refractivity contribution in [2.24, 2.45) is 0 Å². The van der Waals surface area contributed by atoms with E-state index in [1.54, 1.807) is 11.8 Å². The summed E-state index contributed by atoms with van der Waals surface area (Å²) in [5.74, 6) is 2.35. The summed E-state index contributed by atoms with van der Waals surface area (Å²) in [4.78, 5) is 13.0. The van der Waals surface area contributed by atoms with Crippen LogP contribution in [0.4, 0.5) is 5.82 Å². The normalized spacial score (nSPS) is 17.6. The summed E-state index contributed by atoms with van der Waals surface area (Å²) in [6, 6.07) is 26.0. The lowest BCUT2D eigenvalue weighted by Crippen LogP contribution is -2.22. The third kappa shape index (κ3) is 4.21. The van der Waals surface area contributed by atoms with Gasteiger partial charge in [-0.1, -0.05) is 55.5 Å². The van der Waals surface area contributed by atoms with Crippen LogP contribution in [0, 0.1) is 6.92 Å². The highest BCUT2D eigenvalue weighted by molar-refractivity contribution is 8.01. The number of thioether (sulfide) groups is 1. The Hall–Kier alpha value is -3.51. The highest BCUT2D eigenvalue weighted by Crippen LogP contribution is 2.46. The fourth-order valence-corrected chi connectivity index (χ4v) is 5.53. The minimum Gasteiger partial charge on any atom is -0.457 e. The Morgan fingerprint density at radius 3 is 2.35 bits per heavy atom. The van der Waals surface area contributed by atoms with Crippen LogP contribution < -0.4 is 10.1 Å². The average molecular weight is 470 g/mol. The van der Waals surface area contributed by atoms with E-state index in [0.717, 1.165) is 51.8 Å². The smallest absolute Gasteiger partial charge is 0.238 e. The Kier molecular flexibility index (Phi) is 6.16. The molecule has 1 amide bonds. The Labute approximate surface area is 204 Å². The average Bonchev–Trinajstić information content (AvgIpc) is 3.15. The molecule has 172 valence electrons. The van der Waals surface area contributed by atoms with Crippen molar-refractivity contribution in [2.45, 2.75) is 37.7 Å². The number of para-hydroxylation sites is 2. The van der Waals surface area contributed by atoms with Gasteiger partial charge in [0.2, 0.25) is 5.91 Å². The van der Waals surface area contributed by atoms with Gasteiger partial charge in [-0.05, 0) is 61.7 Å². The Morgan fingerprint density at radius 2 is 1.65 bits per heavy atom. The zero-order chi connectivity index (χ0) is 23.7. The predicted octanol–water partition coefficient (Wildman–Crippen LogP) is 6.70. The first-order chi connectivity index (χ1) is 16.5. The van der Waals surface area contributed by atoms with Gasteiger partial charge >= 0.3 is 0 Å². The number of amides is 1. The van der Waals surface area contributed by atoms with E-state index in [9.17, 15) is 4.79 Å². The molecule has 0 radical (unpaired) electrons. The lowest BCUT2D eigenvalue weighted by molar-refractivity contribution is -0.115. The van der Waals surface area contributed by atoms with Crippen LogP contribution in [0.25, 0.3) is 5.69 Å². The first-order valence-electron chi connectivity index (χ1n) is 11.5. The van der Waals surface area contributed by atoms with Crippen molar-refractivity contribution < 1.29 is 9.53 Å². The van der Waals surface area contributed by atoms with E-state index in [4.69, 9.17) is 9.84 Å². The molecule has 0 aliphatic carbocycles. The number of hydrogen-bond acceptors (Lipinski definition) is 4. The zero-order valence-corrected chi connectivity index (χ0v) is 20.3. The molecule has 0 saturated heterocycles. The molecule has 0 bridgehead atoms. The Morgan fingerprint density at radius 1 is 0.971 bits per heavy atom. The maximum Gasteiger partial charge on any atom is 0.238 e. The molecule has 1 aliphatic heterocycles. The fourth-order valence-electron chi connectivity index (χ4n) is 4.24. The van der Waals surface area contributed by atoms with Gasteiger partial charge in [0, 0.05) is 5.56 Å². The predicted molar refractivity (Wildman–Crippen MR) is 138 cm³/mol. The van der Waals surface area contributed by atoms with Gasteiger partial charge in [0.25, 0.3) is 0 Å². The number of rotatable bonds is 5. The molecule has 2 atom stereocenters. The largest absolute Gasteiger partial charge is 0.457 e. The summed E-state index contributed by atoms with van der Waals surface area (Å²) in [6.07, 6.45) is 0.776. The van der Waals surface area contributed by atoms with Gasteiger partial charge < -0.3 is 10.1 Å². The van der Waals surface area contributed by atoms with Gasteiger partial charge in [-0.15, -0.1) is 11.8 Å². The van der Waals surface area contributed by atoms with Crippen LogP contribution in [0.1, 0.15) is 41.5 Å². The molecule has 3 aromatic carbocycles. The first kappa shape index (κ1) is 22.3. The minimum absolute atomic E-state index is 0.00447. The second kappa shape index (κ2) is 9.39. The minimum atomic E-state index is -0.201. The Bertz CT molecular complexity index is 1320. The highest BCUT2D eigenvalue weighted by Gasteiger charge is 2.34. The molecule has 5 nitrogen and oxygen atoms in total. The van der Waals surface area contributed by atoms with Crippen molar-refractivity contribution in [3.05, 3.63) is 101 Å². The molecule has 5 rings (SSSR count). The van der Waals surface area contributed by atoms with Crippen LogP contribution in [-0.4, -0.2) is 20.9 Å². The SMILES string of the molecule is CCc1nn(-c2ccccc2C)c2c1[C@@H](c1ccc(Oc3ccccc3)cc1)S[C@@H](C)C(=O)N2. The van der Waals surface area contributed by atoms with Crippen LogP contribution in [0.3, 0.4) is 0 Å². The standard InChI is InChI=1S/C28H27N3O2S/c1-4-23-25-26(20-14-16-22(17-15-20)33-21-11-6-5-7-12-21)34-19(3)28(32)29-27(25)31(30-23)24-13-9-8-10-18(24)2/h5-17,19,26H,4H2,1-3H3,(H,29,32)/t19-,26+/m0/s1. The van der Waals surface area contributed by atoms with E-state index in [-0.39, 0.29) is 16.4 Å². The van der Waals surface area contributed by atoms with E-state index < -0.39 is 0 Å². The summed E-state index contributed by atoms with van der Waals surface area (Å²) in [5.41, 5.74) is 5.27. The number of aryl methyl sites for hydroxylation is 2. The molecule has 34 heavy (non-hydrogen) atoms. The molecule has 4 aromatic rings.